The highest BCUT2D eigenvalue weighted by Gasteiger charge is 2.13. The topological polar surface area (TPSA) is 17.1 Å². The number of rotatable bonds is 1. The van der Waals surface area contributed by atoms with Crippen LogP contribution in [0, 0.1) is 19.7 Å². The fourth-order valence-electron chi connectivity index (χ4n) is 1.21. The quantitative estimate of drug-likeness (QED) is 0.693. The molecule has 0 aromatic heterocycles. The second kappa shape index (κ2) is 3.58. The lowest BCUT2D eigenvalue weighted by Crippen LogP contribution is -2.01. The largest absolute Gasteiger partial charge is 0.294 e. The van der Waals surface area contributed by atoms with Gasteiger partial charge >= 0.3 is 0 Å². The standard InChI is InChI=1S/C10H10BrFO/c1-5-8(7(3)13)4-9(11)6(2)10(5)12/h4H,1-3H3. The van der Waals surface area contributed by atoms with Crippen LogP contribution in [0.3, 0.4) is 0 Å². The minimum atomic E-state index is -0.306. The van der Waals surface area contributed by atoms with Gasteiger partial charge in [-0.25, -0.2) is 4.39 Å². The SMILES string of the molecule is CC(=O)c1cc(Br)c(C)c(F)c1C. The lowest BCUT2D eigenvalue weighted by Gasteiger charge is -2.07. The molecule has 3 heteroatoms. The number of benzene rings is 1. The van der Waals surface area contributed by atoms with Gasteiger partial charge in [0.1, 0.15) is 5.82 Å². The molecule has 1 rings (SSSR count). The van der Waals surface area contributed by atoms with Crippen molar-refractivity contribution in [2.75, 3.05) is 0 Å². The molecule has 1 nitrogen and oxygen atoms in total. The van der Waals surface area contributed by atoms with Crippen molar-refractivity contribution in [1.29, 1.82) is 0 Å². The zero-order valence-corrected chi connectivity index (χ0v) is 9.33. The molecule has 0 N–H and O–H groups in total. The third-order valence-electron chi connectivity index (χ3n) is 2.07. The van der Waals surface area contributed by atoms with Crippen LogP contribution in [0.1, 0.15) is 28.4 Å². The first-order valence-corrected chi connectivity index (χ1v) is 4.70. The van der Waals surface area contributed by atoms with Crippen LogP contribution in [0.2, 0.25) is 0 Å². The van der Waals surface area contributed by atoms with E-state index in [1.165, 1.54) is 6.92 Å². The van der Waals surface area contributed by atoms with Gasteiger partial charge in [-0.1, -0.05) is 15.9 Å². The minimum Gasteiger partial charge on any atom is -0.294 e. The van der Waals surface area contributed by atoms with Gasteiger partial charge in [-0.3, -0.25) is 4.79 Å². The van der Waals surface area contributed by atoms with Gasteiger partial charge in [0.25, 0.3) is 0 Å². The van der Waals surface area contributed by atoms with E-state index >= 15 is 0 Å². The Morgan fingerprint density at radius 1 is 1.38 bits per heavy atom. The molecule has 0 atom stereocenters. The van der Waals surface area contributed by atoms with Crippen LogP contribution >= 0.6 is 15.9 Å². The summed E-state index contributed by atoms with van der Waals surface area (Å²) in [5.74, 6) is -0.420. The molecule has 0 radical (unpaired) electrons. The number of carbonyl (C=O) groups excluding carboxylic acids is 1. The molecule has 0 aliphatic carbocycles. The molecule has 13 heavy (non-hydrogen) atoms. The van der Waals surface area contributed by atoms with Crippen molar-refractivity contribution in [3.05, 3.63) is 33.0 Å². The Bertz CT molecular complexity index is 372. The average molecular weight is 245 g/mol. The molecule has 0 saturated heterocycles. The number of hydrogen-bond acceptors (Lipinski definition) is 1. The van der Waals surface area contributed by atoms with Crippen molar-refractivity contribution in [3.63, 3.8) is 0 Å². The summed E-state index contributed by atoms with van der Waals surface area (Å²) in [7, 11) is 0. The van der Waals surface area contributed by atoms with Gasteiger partial charge in [0.15, 0.2) is 5.78 Å². The second-order valence-electron chi connectivity index (χ2n) is 3.03. The summed E-state index contributed by atoms with van der Waals surface area (Å²) in [5.41, 5.74) is 1.41. The van der Waals surface area contributed by atoms with Crippen LogP contribution in [-0.4, -0.2) is 5.78 Å². The van der Waals surface area contributed by atoms with Gasteiger partial charge in [0, 0.05) is 10.0 Å². The lowest BCUT2D eigenvalue weighted by atomic mass is 10.0. The summed E-state index contributed by atoms with van der Waals surface area (Å²) in [5, 5.41) is 0. The Labute approximate surface area is 85.1 Å². The monoisotopic (exact) mass is 244 g/mol. The van der Waals surface area contributed by atoms with Crippen LogP contribution < -0.4 is 0 Å². The van der Waals surface area contributed by atoms with Gasteiger partial charge in [-0.2, -0.15) is 0 Å². The van der Waals surface area contributed by atoms with E-state index in [0.29, 0.717) is 21.2 Å². The number of Topliss-reactive ketones (excluding diaryl/α,β-unsaturated/α-hetero) is 1. The number of ketones is 1. The zero-order chi connectivity index (χ0) is 10.2. The Hall–Kier alpha value is -0.700. The van der Waals surface area contributed by atoms with Gasteiger partial charge < -0.3 is 0 Å². The van der Waals surface area contributed by atoms with Crippen molar-refractivity contribution in [3.8, 4) is 0 Å². The van der Waals surface area contributed by atoms with E-state index in [1.807, 2.05) is 0 Å². The first kappa shape index (κ1) is 10.4. The molecule has 0 unspecified atom stereocenters. The molecule has 0 amide bonds. The first-order chi connectivity index (χ1) is 5.95. The lowest BCUT2D eigenvalue weighted by molar-refractivity contribution is 0.101. The van der Waals surface area contributed by atoms with Gasteiger partial charge in [-0.15, -0.1) is 0 Å². The summed E-state index contributed by atoms with van der Waals surface area (Å²) in [6.07, 6.45) is 0. The van der Waals surface area contributed by atoms with Crippen molar-refractivity contribution in [1.82, 2.24) is 0 Å². The minimum absolute atomic E-state index is 0.114. The highest BCUT2D eigenvalue weighted by atomic mass is 79.9. The summed E-state index contributed by atoms with van der Waals surface area (Å²) in [6.45, 7) is 4.73. The fourth-order valence-corrected chi connectivity index (χ4v) is 1.62. The fraction of sp³-hybridized carbons (Fsp3) is 0.300. The Morgan fingerprint density at radius 3 is 2.38 bits per heavy atom. The van der Waals surface area contributed by atoms with E-state index in [2.05, 4.69) is 15.9 Å². The molecule has 70 valence electrons. The average Bonchev–Trinajstić information content (AvgIpc) is 2.07. The van der Waals surface area contributed by atoms with Crippen LogP contribution in [0.5, 0.6) is 0 Å². The summed E-state index contributed by atoms with van der Waals surface area (Å²) in [6, 6.07) is 1.66. The Morgan fingerprint density at radius 2 is 1.92 bits per heavy atom. The molecule has 0 aliphatic rings. The van der Waals surface area contributed by atoms with Crippen LogP contribution in [0.25, 0.3) is 0 Å². The van der Waals surface area contributed by atoms with Crippen molar-refractivity contribution in [2.24, 2.45) is 0 Å². The third kappa shape index (κ3) is 1.80. The maximum atomic E-state index is 13.4. The summed E-state index contributed by atoms with van der Waals surface area (Å²) < 4.78 is 14.1. The zero-order valence-electron chi connectivity index (χ0n) is 7.74. The Balaban J connectivity index is 3.50. The number of halogens is 2. The first-order valence-electron chi connectivity index (χ1n) is 3.91. The molecule has 1 aromatic rings. The molecule has 0 fully saturated rings. The molecular formula is C10H10BrFO. The van der Waals surface area contributed by atoms with Gasteiger partial charge in [0.2, 0.25) is 0 Å². The molecule has 0 spiro atoms. The van der Waals surface area contributed by atoms with Gasteiger partial charge in [-0.05, 0) is 38.0 Å². The van der Waals surface area contributed by atoms with E-state index in [-0.39, 0.29) is 11.6 Å². The third-order valence-corrected chi connectivity index (χ3v) is 2.89. The molecule has 0 saturated carbocycles. The summed E-state index contributed by atoms with van der Waals surface area (Å²) in [4.78, 5) is 11.1. The maximum Gasteiger partial charge on any atom is 0.160 e. The molecule has 0 heterocycles. The Kier molecular flexibility index (Phi) is 2.86. The van der Waals surface area contributed by atoms with E-state index in [0.717, 1.165) is 0 Å². The van der Waals surface area contributed by atoms with Gasteiger partial charge in [0.05, 0.1) is 0 Å². The number of carbonyl (C=O) groups is 1. The smallest absolute Gasteiger partial charge is 0.160 e. The maximum absolute atomic E-state index is 13.4. The van der Waals surface area contributed by atoms with E-state index < -0.39 is 0 Å². The van der Waals surface area contributed by atoms with Crippen LogP contribution in [0.4, 0.5) is 4.39 Å². The van der Waals surface area contributed by atoms with E-state index in [9.17, 15) is 9.18 Å². The highest BCUT2D eigenvalue weighted by molar-refractivity contribution is 9.10. The van der Waals surface area contributed by atoms with Crippen molar-refractivity contribution >= 4 is 21.7 Å². The van der Waals surface area contributed by atoms with Crippen LogP contribution in [0.15, 0.2) is 10.5 Å². The molecule has 0 aliphatic heterocycles. The predicted molar refractivity (Wildman–Crippen MR) is 53.6 cm³/mol. The highest BCUT2D eigenvalue weighted by Crippen LogP contribution is 2.25. The predicted octanol–water partition coefficient (Wildman–Crippen LogP) is 3.41. The molecular weight excluding hydrogens is 235 g/mol. The van der Waals surface area contributed by atoms with Crippen molar-refractivity contribution < 1.29 is 9.18 Å². The molecule has 1 aromatic carbocycles. The number of hydrogen-bond donors (Lipinski definition) is 0. The van der Waals surface area contributed by atoms with Crippen LogP contribution in [-0.2, 0) is 0 Å². The second-order valence-corrected chi connectivity index (χ2v) is 3.88. The van der Waals surface area contributed by atoms with E-state index in [4.69, 9.17) is 0 Å². The van der Waals surface area contributed by atoms with E-state index in [1.54, 1.807) is 19.9 Å². The summed E-state index contributed by atoms with van der Waals surface area (Å²) >= 11 is 3.21. The van der Waals surface area contributed by atoms with Crippen molar-refractivity contribution in [2.45, 2.75) is 20.8 Å². The normalized spacial score (nSPS) is 10.2. The molecule has 0 bridgehead atoms.